The zero-order chi connectivity index (χ0) is 28.7. The lowest BCUT2D eigenvalue weighted by molar-refractivity contribution is -0.646. The third kappa shape index (κ3) is 5.13. The van der Waals surface area contributed by atoms with Crippen molar-refractivity contribution in [1.82, 2.24) is 14.5 Å². The zero-order valence-corrected chi connectivity index (χ0v) is 24.1. The number of sulfonamides is 1. The number of nitrogens with one attached hydrogen (secondary N) is 1. The third-order valence-electron chi connectivity index (χ3n) is 8.64. The molecule has 12 heteroatoms. The van der Waals surface area contributed by atoms with E-state index in [0.717, 1.165) is 52.7 Å². The highest BCUT2D eigenvalue weighted by molar-refractivity contribution is 7.89. The van der Waals surface area contributed by atoms with Gasteiger partial charge in [-0.25, -0.2) is 8.42 Å². The number of amides is 2. The molecular weight excluding hydrogens is 564 g/mol. The summed E-state index contributed by atoms with van der Waals surface area (Å²) in [7, 11) is -4.26. The summed E-state index contributed by atoms with van der Waals surface area (Å²) in [6.45, 7) is -0.215. The van der Waals surface area contributed by atoms with Gasteiger partial charge in [-0.05, 0) is 30.9 Å². The number of benzene rings is 1. The lowest BCUT2D eigenvalue weighted by atomic mass is 9.84. The van der Waals surface area contributed by atoms with E-state index < -0.39 is 39.7 Å². The number of thiophene rings is 1. The molecule has 3 aliphatic rings. The molecule has 216 valence electrons. The van der Waals surface area contributed by atoms with Crippen molar-refractivity contribution in [2.45, 2.75) is 68.1 Å². The highest BCUT2D eigenvalue weighted by Crippen LogP contribution is 2.35. The summed E-state index contributed by atoms with van der Waals surface area (Å²) in [6, 6.07) is 9.16. The molecule has 1 aliphatic carbocycles. The second-order valence-electron chi connectivity index (χ2n) is 11.1. The minimum Gasteiger partial charge on any atom is -0.618 e. The van der Waals surface area contributed by atoms with Gasteiger partial charge >= 0.3 is 15.0 Å². The van der Waals surface area contributed by atoms with Gasteiger partial charge in [0.2, 0.25) is 5.91 Å². The maximum Gasteiger partial charge on any atom is 0.323 e. The summed E-state index contributed by atoms with van der Waals surface area (Å²) in [6.07, 6.45) is 7.10. The van der Waals surface area contributed by atoms with Gasteiger partial charge in [0.05, 0.1) is 18.2 Å². The Morgan fingerprint density at radius 3 is 2.61 bits per heavy atom. The van der Waals surface area contributed by atoms with Gasteiger partial charge in [0.15, 0.2) is 12.0 Å². The quantitative estimate of drug-likeness (QED) is 0.330. The molecule has 6 rings (SSSR count). The van der Waals surface area contributed by atoms with Crippen molar-refractivity contribution in [3.63, 3.8) is 0 Å². The van der Waals surface area contributed by atoms with Crippen LogP contribution in [-0.4, -0.2) is 66.4 Å². The number of hydrogen-bond acceptors (Lipinski definition) is 7. The summed E-state index contributed by atoms with van der Waals surface area (Å²) in [5.41, 5.74) is 0.509. The molecule has 10 nitrogen and oxygen atoms in total. The first-order chi connectivity index (χ1) is 19.8. The van der Waals surface area contributed by atoms with E-state index in [4.69, 9.17) is 0 Å². The first kappa shape index (κ1) is 27.8. The summed E-state index contributed by atoms with van der Waals surface area (Å²) < 4.78 is 29.1. The van der Waals surface area contributed by atoms with Crippen LogP contribution >= 0.6 is 11.3 Å². The molecule has 1 N–H and O–H groups in total. The molecule has 1 saturated carbocycles. The lowest BCUT2D eigenvalue weighted by Crippen LogP contribution is -2.53. The van der Waals surface area contributed by atoms with Crippen molar-refractivity contribution in [3.8, 4) is 0 Å². The highest BCUT2D eigenvalue weighted by Gasteiger charge is 2.55. The van der Waals surface area contributed by atoms with Crippen LogP contribution in [0.25, 0.3) is 10.1 Å². The van der Waals surface area contributed by atoms with Crippen molar-refractivity contribution >= 4 is 49.0 Å². The molecule has 3 fully saturated rings. The largest absolute Gasteiger partial charge is 0.618 e. The number of nitrogens with zero attached hydrogens (tertiary/aromatic N) is 3. The first-order valence-corrected chi connectivity index (χ1v) is 16.4. The third-order valence-corrected chi connectivity index (χ3v) is 11.5. The first-order valence-electron chi connectivity index (χ1n) is 14.1. The predicted molar refractivity (Wildman–Crippen MR) is 152 cm³/mol. The van der Waals surface area contributed by atoms with Crippen LogP contribution in [0.4, 0.5) is 0 Å². The number of likely N-dealkylation sites (tertiary alicyclic amines) is 1. The van der Waals surface area contributed by atoms with Gasteiger partial charge in [0, 0.05) is 34.1 Å². The van der Waals surface area contributed by atoms with Gasteiger partial charge < -0.3 is 15.4 Å². The van der Waals surface area contributed by atoms with E-state index in [0.29, 0.717) is 12.0 Å². The van der Waals surface area contributed by atoms with Gasteiger partial charge in [-0.15, -0.1) is 11.3 Å². The van der Waals surface area contributed by atoms with Crippen molar-refractivity contribution in [2.24, 2.45) is 5.92 Å². The fraction of sp³-hybridized carbons (Fsp3) is 0.448. The van der Waals surface area contributed by atoms with Crippen LogP contribution in [0.2, 0.25) is 0 Å². The van der Waals surface area contributed by atoms with Gasteiger partial charge in [0.25, 0.3) is 5.91 Å². The van der Waals surface area contributed by atoms with Crippen molar-refractivity contribution in [1.29, 1.82) is 0 Å². The Morgan fingerprint density at radius 2 is 1.83 bits per heavy atom. The Hall–Kier alpha value is -3.35. The van der Waals surface area contributed by atoms with E-state index >= 15 is 0 Å². The predicted octanol–water partition coefficient (Wildman–Crippen LogP) is 2.85. The minimum absolute atomic E-state index is 0.191. The monoisotopic (exact) mass is 596 g/mol. The Kier molecular flexibility index (Phi) is 7.56. The number of hydrogen-bond donors (Lipinski definition) is 1. The van der Waals surface area contributed by atoms with E-state index in [9.17, 15) is 28.0 Å². The van der Waals surface area contributed by atoms with Crippen LogP contribution in [0.5, 0.6) is 0 Å². The van der Waals surface area contributed by atoms with E-state index in [-0.39, 0.29) is 41.2 Å². The molecule has 0 bridgehead atoms. The number of rotatable bonds is 7. The molecule has 1 aromatic carbocycles. The molecule has 41 heavy (non-hydrogen) atoms. The molecule has 3 atom stereocenters. The second kappa shape index (κ2) is 11.1. The Labute approximate surface area is 242 Å². The van der Waals surface area contributed by atoms with Crippen molar-refractivity contribution < 1.29 is 27.5 Å². The zero-order valence-electron chi connectivity index (χ0n) is 22.5. The second-order valence-corrected chi connectivity index (χ2v) is 13.9. The van der Waals surface area contributed by atoms with Crippen LogP contribution in [-0.2, 0) is 19.6 Å². The Balaban J connectivity index is 1.25. The van der Waals surface area contributed by atoms with Gasteiger partial charge in [-0.3, -0.25) is 14.4 Å². The number of carbonyl (C=O) groups is 3. The molecule has 2 amide bonds. The van der Waals surface area contributed by atoms with Crippen molar-refractivity contribution in [2.75, 3.05) is 13.1 Å². The Bertz CT molecular complexity index is 1600. The maximum atomic E-state index is 14.1. The molecule has 2 aromatic heterocycles. The number of carbonyl (C=O) groups excluding carboxylic acids is 3. The summed E-state index contributed by atoms with van der Waals surface area (Å²) in [5.74, 6) is -0.803. The highest BCUT2D eigenvalue weighted by atomic mass is 32.2. The number of Topliss-reactive ketones (excluding diaryl/α,β-unsaturated/α-hetero) is 1. The summed E-state index contributed by atoms with van der Waals surface area (Å²) in [5, 5.41) is 17.4. The summed E-state index contributed by atoms with van der Waals surface area (Å²) >= 11 is 1.47. The smallest absolute Gasteiger partial charge is 0.323 e. The maximum absolute atomic E-state index is 14.1. The van der Waals surface area contributed by atoms with E-state index in [1.807, 2.05) is 24.3 Å². The topological polar surface area (TPSA) is 131 Å². The van der Waals surface area contributed by atoms with Crippen LogP contribution in [0.1, 0.15) is 55.3 Å². The molecule has 0 spiro atoms. The normalized spacial score (nSPS) is 22.6. The van der Waals surface area contributed by atoms with E-state index in [1.54, 1.807) is 5.38 Å². The molecule has 0 radical (unpaired) electrons. The SMILES string of the molecule is O=C(NC(CC1CCCCC1)C(=O)N1CCC2C1C(=O)CN2S(=O)(=O)c1cccc[n+]1[O-])c1csc2ccccc12. The molecule has 2 aliphatic heterocycles. The lowest BCUT2D eigenvalue weighted by Gasteiger charge is -2.31. The van der Waals surface area contributed by atoms with E-state index in [2.05, 4.69) is 5.32 Å². The number of ketones is 1. The van der Waals surface area contributed by atoms with E-state index in [1.165, 1.54) is 34.4 Å². The Morgan fingerprint density at radius 1 is 1.07 bits per heavy atom. The van der Waals surface area contributed by atoms with Gasteiger partial charge in [0.1, 0.15) is 12.1 Å². The minimum atomic E-state index is -4.26. The fourth-order valence-corrected chi connectivity index (χ4v) is 9.24. The number of pyridine rings is 1. The fourth-order valence-electron chi connectivity index (χ4n) is 6.64. The average Bonchev–Trinajstić information content (AvgIpc) is 3.68. The standard InChI is InChI=1S/C29H32N4O6S2/c34-24-17-33(41(38,39)26-12-6-7-14-32(26)37)23-13-15-31(27(23)24)29(36)22(16-19-8-2-1-3-9-19)30-28(35)21-18-40-25-11-5-4-10-20(21)25/h4-7,10-12,14,18-19,22-23,27H,1-3,8-9,13,15-17H2,(H,30,35). The van der Waals surface area contributed by atoms with Gasteiger partial charge in [-0.1, -0.05) is 50.3 Å². The molecule has 3 unspecified atom stereocenters. The average molecular weight is 597 g/mol. The molecule has 2 saturated heterocycles. The van der Waals surface area contributed by atoms with Gasteiger partial charge in [-0.2, -0.15) is 9.04 Å². The molecule has 3 aromatic rings. The van der Waals surface area contributed by atoms with Crippen LogP contribution in [0, 0.1) is 11.1 Å². The molecule has 4 heterocycles. The van der Waals surface area contributed by atoms with Crippen LogP contribution in [0.3, 0.4) is 0 Å². The number of fused-ring (bicyclic) bond motifs is 2. The van der Waals surface area contributed by atoms with Crippen LogP contribution < -0.4 is 10.0 Å². The number of aromatic nitrogens is 1. The van der Waals surface area contributed by atoms with Crippen LogP contribution in [0.15, 0.2) is 59.1 Å². The summed E-state index contributed by atoms with van der Waals surface area (Å²) in [4.78, 5) is 42.3. The molecular formula is C29H32N4O6S2. The van der Waals surface area contributed by atoms with Crippen molar-refractivity contribution in [3.05, 3.63) is 64.8 Å².